The van der Waals surface area contributed by atoms with Gasteiger partial charge in [0.05, 0.1) is 6.10 Å². The van der Waals surface area contributed by atoms with Gasteiger partial charge < -0.3 is 14.9 Å². The van der Waals surface area contributed by atoms with Gasteiger partial charge in [0, 0.05) is 13.5 Å². The van der Waals surface area contributed by atoms with Crippen LogP contribution in [0.5, 0.6) is 0 Å². The van der Waals surface area contributed by atoms with Gasteiger partial charge in [-0.2, -0.15) is 0 Å². The van der Waals surface area contributed by atoms with Gasteiger partial charge in [-0.3, -0.25) is 0 Å². The first-order valence-corrected chi connectivity index (χ1v) is 4.05. The lowest BCUT2D eigenvalue weighted by Crippen LogP contribution is -2.26. The van der Waals surface area contributed by atoms with Crippen LogP contribution >= 0.6 is 0 Å². The first kappa shape index (κ1) is 11.4. The van der Waals surface area contributed by atoms with Gasteiger partial charge in [0.15, 0.2) is 6.10 Å². The van der Waals surface area contributed by atoms with Crippen molar-refractivity contribution in [2.75, 3.05) is 7.11 Å². The van der Waals surface area contributed by atoms with Crippen molar-refractivity contribution >= 4 is 5.97 Å². The van der Waals surface area contributed by atoms with E-state index in [1.165, 1.54) is 7.11 Å². The van der Waals surface area contributed by atoms with Gasteiger partial charge in [-0.25, -0.2) is 4.79 Å². The Hall–Kier alpha value is -0.610. The minimum Gasteiger partial charge on any atom is -0.479 e. The molecule has 0 aliphatic carbocycles. The number of rotatable bonds is 6. The minimum absolute atomic E-state index is 0.152. The predicted octanol–water partition coefficient (Wildman–Crippen LogP) is 0.637. The number of carboxylic acids is 1. The third-order valence-corrected chi connectivity index (χ3v) is 1.72. The smallest absolute Gasteiger partial charge is 0.332 e. The van der Waals surface area contributed by atoms with Crippen LogP contribution in [0.2, 0.25) is 0 Å². The van der Waals surface area contributed by atoms with Crippen LogP contribution in [0.3, 0.4) is 0 Å². The maximum atomic E-state index is 10.2. The van der Waals surface area contributed by atoms with E-state index in [-0.39, 0.29) is 12.5 Å². The van der Waals surface area contributed by atoms with Crippen molar-refractivity contribution < 1.29 is 19.7 Å². The Bertz CT molecular complexity index is 135. The van der Waals surface area contributed by atoms with E-state index in [1.54, 1.807) is 0 Å². The van der Waals surface area contributed by atoms with Crippen LogP contribution < -0.4 is 0 Å². The molecule has 4 nitrogen and oxygen atoms in total. The van der Waals surface area contributed by atoms with Crippen LogP contribution in [0.4, 0.5) is 0 Å². The highest BCUT2D eigenvalue weighted by Crippen LogP contribution is 2.08. The number of aliphatic carboxylic acids is 1. The Morgan fingerprint density at radius 2 is 2.17 bits per heavy atom. The van der Waals surface area contributed by atoms with Crippen molar-refractivity contribution in [3.8, 4) is 0 Å². The summed E-state index contributed by atoms with van der Waals surface area (Å²) in [4.78, 5) is 10.2. The normalized spacial score (nSPS) is 15.6. The van der Waals surface area contributed by atoms with Crippen molar-refractivity contribution in [3.05, 3.63) is 0 Å². The predicted molar refractivity (Wildman–Crippen MR) is 44.0 cm³/mol. The van der Waals surface area contributed by atoms with Crippen LogP contribution in [0.25, 0.3) is 0 Å². The second kappa shape index (κ2) is 5.97. The lowest BCUT2D eigenvalue weighted by molar-refractivity contribution is -0.148. The van der Waals surface area contributed by atoms with E-state index >= 15 is 0 Å². The fraction of sp³-hybridized carbons (Fsp3) is 0.875. The Kier molecular flexibility index (Phi) is 5.66. The van der Waals surface area contributed by atoms with E-state index in [1.807, 2.05) is 6.92 Å². The molecule has 0 saturated carbocycles. The van der Waals surface area contributed by atoms with Gasteiger partial charge in [0.2, 0.25) is 0 Å². The number of aliphatic hydroxyl groups is 1. The highest BCUT2D eigenvalue weighted by atomic mass is 16.5. The molecule has 2 unspecified atom stereocenters. The molecule has 0 bridgehead atoms. The minimum atomic E-state index is -1.30. The molecule has 0 radical (unpaired) electrons. The van der Waals surface area contributed by atoms with Gasteiger partial charge in [0.1, 0.15) is 0 Å². The van der Waals surface area contributed by atoms with Gasteiger partial charge in [-0.05, 0) is 6.42 Å². The molecule has 0 aliphatic heterocycles. The summed E-state index contributed by atoms with van der Waals surface area (Å²) in [7, 11) is 1.52. The molecule has 0 aromatic heterocycles. The summed E-state index contributed by atoms with van der Waals surface area (Å²) in [5, 5.41) is 17.4. The molecule has 72 valence electrons. The average Bonchev–Trinajstić information content (AvgIpc) is 2.03. The van der Waals surface area contributed by atoms with E-state index in [4.69, 9.17) is 14.9 Å². The SMILES string of the molecule is CCCC(CC(O)C(=O)O)OC. The molecular weight excluding hydrogens is 160 g/mol. The van der Waals surface area contributed by atoms with Gasteiger partial charge >= 0.3 is 5.97 Å². The van der Waals surface area contributed by atoms with Crippen LogP contribution in [0, 0.1) is 0 Å². The summed E-state index contributed by atoms with van der Waals surface area (Å²) in [5.41, 5.74) is 0. The van der Waals surface area contributed by atoms with Crippen molar-refractivity contribution in [1.82, 2.24) is 0 Å². The first-order chi connectivity index (χ1) is 5.61. The van der Waals surface area contributed by atoms with E-state index < -0.39 is 12.1 Å². The maximum absolute atomic E-state index is 10.2. The molecule has 0 aromatic carbocycles. The number of carboxylic acid groups (broad SMARTS) is 1. The van der Waals surface area contributed by atoms with Crippen LogP contribution in [-0.2, 0) is 9.53 Å². The standard InChI is InChI=1S/C8H16O4/c1-3-4-6(12-2)5-7(9)8(10)11/h6-7,9H,3-5H2,1-2H3,(H,10,11). The number of carbonyl (C=O) groups is 1. The molecule has 4 heteroatoms. The second-order valence-corrected chi connectivity index (χ2v) is 2.74. The zero-order valence-corrected chi connectivity index (χ0v) is 7.49. The molecule has 2 N–H and O–H groups in total. The molecule has 0 spiro atoms. The number of hydrogen-bond donors (Lipinski definition) is 2. The van der Waals surface area contributed by atoms with Gasteiger partial charge in [0.25, 0.3) is 0 Å². The van der Waals surface area contributed by atoms with E-state index in [0.717, 1.165) is 12.8 Å². The topological polar surface area (TPSA) is 66.8 Å². The number of hydrogen-bond acceptors (Lipinski definition) is 3. The fourth-order valence-corrected chi connectivity index (χ4v) is 1.00. The third-order valence-electron chi connectivity index (χ3n) is 1.72. The zero-order valence-electron chi connectivity index (χ0n) is 7.49. The molecule has 2 atom stereocenters. The average molecular weight is 176 g/mol. The molecule has 0 rings (SSSR count). The van der Waals surface area contributed by atoms with Crippen LogP contribution in [0.1, 0.15) is 26.2 Å². The van der Waals surface area contributed by atoms with Crippen LogP contribution in [-0.4, -0.2) is 35.5 Å². The molecule has 0 amide bonds. The summed E-state index contributed by atoms with van der Waals surface area (Å²) in [6, 6.07) is 0. The zero-order chi connectivity index (χ0) is 9.56. The molecule has 0 fully saturated rings. The molecule has 0 heterocycles. The Morgan fingerprint density at radius 1 is 1.58 bits per heavy atom. The van der Waals surface area contributed by atoms with E-state index in [9.17, 15) is 4.79 Å². The Balaban J connectivity index is 3.76. The van der Waals surface area contributed by atoms with Crippen molar-refractivity contribution in [3.63, 3.8) is 0 Å². The second-order valence-electron chi connectivity index (χ2n) is 2.74. The van der Waals surface area contributed by atoms with Crippen LogP contribution in [0.15, 0.2) is 0 Å². The van der Waals surface area contributed by atoms with Crippen molar-refractivity contribution in [1.29, 1.82) is 0 Å². The Labute approximate surface area is 72.2 Å². The molecule has 0 aliphatic rings. The molecule has 0 saturated heterocycles. The molecular formula is C8H16O4. The van der Waals surface area contributed by atoms with Crippen molar-refractivity contribution in [2.24, 2.45) is 0 Å². The summed E-state index contributed by atoms with van der Waals surface area (Å²) >= 11 is 0. The summed E-state index contributed by atoms with van der Waals surface area (Å²) in [5.74, 6) is -1.19. The Morgan fingerprint density at radius 3 is 2.50 bits per heavy atom. The summed E-state index contributed by atoms with van der Waals surface area (Å²) in [6.45, 7) is 1.99. The van der Waals surface area contributed by atoms with Gasteiger partial charge in [-0.15, -0.1) is 0 Å². The summed E-state index contributed by atoms with van der Waals surface area (Å²) in [6.07, 6.45) is 0.411. The maximum Gasteiger partial charge on any atom is 0.332 e. The summed E-state index contributed by atoms with van der Waals surface area (Å²) < 4.78 is 4.99. The van der Waals surface area contributed by atoms with Crippen molar-refractivity contribution in [2.45, 2.75) is 38.4 Å². The quantitative estimate of drug-likeness (QED) is 0.623. The number of aliphatic hydroxyl groups excluding tert-OH is 1. The largest absolute Gasteiger partial charge is 0.479 e. The van der Waals surface area contributed by atoms with E-state index in [2.05, 4.69) is 0 Å². The lowest BCUT2D eigenvalue weighted by Gasteiger charge is -2.15. The number of methoxy groups -OCH3 is 1. The lowest BCUT2D eigenvalue weighted by atomic mass is 10.1. The van der Waals surface area contributed by atoms with E-state index in [0.29, 0.717) is 0 Å². The highest BCUT2D eigenvalue weighted by molar-refractivity contribution is 5.71. The highest BCUT2D eigenvalue weighted by Gasteiger charge is 2.18. The molecule has 12 heavy (non-hydrogen) atoms. The molecule has 0 aromatic rings. The number of ether oxygens (including phenoxy) is 1. The fourth-order valence-electron chi connectivity index (χ4n) is 1.00. The third kappa shape index (κ3) is 4.31. The first-order valence-electron chi connectivity index (χ1n) is 4.05. The van der Waals surface area contributed by atoms with Gasteiger partial charge in [-0.1, -0.05) is 13.3 Å². The monoisotopic (exact) mass is 176 g/mol.